The minimum Gasteiger partial charge on any atom is -0.388 e. The molecule has 1 nitrogen and oxygen atoms in total. The van der Waals surface area contributed by atoms with Gasteiger partial charge in [-0.25, -0.2) is 4.39 Å². The molecule has 0 aromatic heterocycles. The number of halogens is 1. The zero-order chi connectivity index (χ0) is 12.6. The molecule has 1 unspecified atom stereocenters. The molecule has 2 heteroatoms. The van der Waals surface area contributed by atoms with Crippen molar-refractivity contribution in [1.29, 1.82) is 0 Å². The summed E-state index contributed by atoms with van der Waals surface area (Å²) in [4.78, 5) is 0. The topological polar surface area (TPSA) is 20.2 Å². The van der Waals surface area contributed by atoms with Crippen molar-refractivity contribution in [3.63, 3.8) is 0 Å². The summed E-state index contributed by atoms with van der Waals surface area (Å²) in [6.45, 7) is 5.66. The van der Waals surface area contributed by atoms with Crippen molar-refractivity contribution in [3.8, 4) is 0 Å². The van der Waals surface area contributed by atoms with Crippen LogP contribution in [0.2, 0.25) is 0 Å². The molecular weight excluding hydrogens is 215 g/mol. The molecule has 17 heavy (non-hydrogen) atoms. The normalized spacial score (nSPS) is 20.5. The monoisotopic (exact) mass is 236 g/mol. The predicted octanol–water partition coefficient (Wildman–Crippen LogP) is 4.06. The highest BCUT2D eigenvalue weighted by Crippen LogP contribution is 2.47. The fourth-order valence-electron chi connectivity index (χ4n) is 3.00. The molecule has 1 aromatic rings. The van der Waals surface area contributed by atoms with Crippen molar-refractivity contribution in [1.82, 2.24) is 0 Å². The molecule has 94 valence electrons. The SMILES string of the molecule is Cc1cc(C(O)C2(C)CCCC2)cc(C)c1F. The Morgan fingerprint density at radius 1 is 1.18 bits per heavy atom. The van der Waals surface area contributed by atoms with Gasteiger partial charge in [0.05, 0.1) is 6.10 Å². The first-order chi connectivity index (χ1) is 7.94. The summed E-state index contributed by atoms with van der Waals surface area (Å²) in [6.07, 6.45) is 4.02. The van der Waals surface area contributed by atoms with E-state index in [9.17, 15) is 9.50 Å². The Kier molecular flexibility index (Phi) is 3.26. The van der Waals surface area contributed by atoms with Crippen LogP contribution < -0.4 is 0 Å². The molecule has 0 spiro atoms. The molecule has 0 heterocycles. The van der Waals surface area contributed by atoms with E-state index in [0.717, 1.165) is 18.4 Å². The number of hydrogen-bond acceptors (Lipinski definition) is 1. The van der Waals surface area contributed by atoms with Crippen LogP contribution in [0.15, 0.2) is 12.1 Å². The molecule has 0 saturated heterocycles. The Bertz CT molecular complexity index is 396. The Balaban J connectivity index is 2.34. The predicted molar refractivity (Wildman–Crippen MR) is 67.4 cm³/mol. The first-order valence-electron chi connectivity index (χ1n) is 6.39. The van der Waals surface area contributed by atoms with Crippen LogP contribution in [0.1, 0.15) is 55.4 Å². The third-order valence-electron chi connectivity index (χ3n) is 4.18. The Hall–Kier alpha value is -0.890. The van der Waals surface area contributed by atoms with E-state index in [-0.39, 0.29) is 11.2 Å². The quantitative estimate of drug-likeness (QED) is 0.821. The summed E-state index contributed by atoms with van der Waals surface area (Å²) in [7, 11) is 0. The minimum absolute atomic E-state index is 0.0310. The highest BCUT2D eigenvalue weighted by molar-refractivity contribution is 5.32. The van der Waals surface area contributed by atoms with Gasteiger partial charge in [-0.1, -0.05) is 31.9 Å². The average Bonchev–Trinajstić information content (AvgIpc) is 2.72. The Labute approximate surface area is 103 Å². The molecule has 2 rings (SSSR count). The Morgan fingerprint density at radius 2 is 1.65 bits per heavy atom. The molecule has 1 aliphatic carbocycles. The van der Waals surface area contributed by atoms with Gasteiger partial charge in [0.15, 0.2) is 0 Å². The van der Waals surface area contributed by atoms with E-state index >= 15 is 0 Å². The molecule has 0 bridgehead atoms. The highest BCUT2D eigenvalue weighted by Gasteiger charge is 2.37. The van der Waals surface area contributed by atoms with E-state index in [1.807, 2.05) is 0 Å². The second-order valence-corrected chi connectivity index (χ2v) is 5.73. The van der Waals surface area contributed by atoms with E-state index in [1.54, 1.807) is 26.0 Å². The van der Waals surface area contributed by atoms with Gasteiger partial charge in [0.25, 0.3) is 0 Å². The van der Waals surface area contributed by atoms with Gasteiger partial charge in [-0.3, -0.25) is 0 Å². The molecule has 0 radical (unpaired) electrons. The van der Waals surface area contributed by atoms with E-state index < -0.39 is 6.10 Å². The van der Waals surface area contributed by atoms with Gasteiger partial charge in [-0.2, -0.15) is 0 Å². The summed E-state index contributed by atoms with van der Waals surface area (Å²) in [5.41, 5.74) is 2.09. The average molecular weight is 236 g/mol. The summed E-state index contributed by atoms with van der Waals surface area (Å²) in [6, 6.07) is 3.58. The molecule has 1 saturated carbocycles. The summed E-state index contributed by atoms with van der Waals surface area (Å²) < 4.78 is 13.6. The number of aryl methyl sites for hydroxylation is 2. The van der Waals surface area contributed by atoms with Gasteiger partial charge in [-0.15, -0.1) is 0 Å². The van der Waals surface area contributed by atoms with E-state index in [4.69, 9.17) is 0 Å². The number of aliphatic hydroxyl groups is 1. The van der Waals surface area contributed by atoms with Crippen molar-refractivity contribution < 1.29 is 9.50 Å². The molecule has 1 aliphatic rings. The van der Waals surface area contributed by atoms with Gasteiger partial charge < -0.3 is 5.11 Å². The van der Waals surface area contributed by atoms with Crippen molar-refractivity contribution in [2.24, 2.45) is 5.41 Å². The summed E-state index contributed by atoms with van der Waals surface area (Å²) in [5.74, 6) is -0.155. The number of rotatable bonds is 2. The summed E-state index contributed by atoms with van der Waals surface area (Å²) in [5, 5.41) is 10.5. The maximum Gasteiger partial charge on any atom is 0.129 e. The number of aliphatic hydroxyl groups excluding tert-OH is 1. The largest absolute Gasteiger partial charge is 0.388 e. The Morgan fingerprint density at radius 3 is 2.12 bits per heavy atom. The standard InChI is InChI=1S/C15H21FO/c1-10-8-12(9-11(2)13(10)16)14(17)15(3)6-4-5-7-15/h8-9,14,17H,4-7H2,1-3H3. The maximum atomic E-state index is 13.6. The van der Waals surface area contributed by atoms with Crippen LogP contribution in [-0.4, -0.2) is 5.11 Å². The van der Waals surface area contributed by atoms with Crippen LogP contribution >= 0.6 is 0 Å². The third kappa shape index (κ3) is 2.23. The van der Waals surface area contributed by atoms with Crippen molar-refractivity contribution in [2.45, 2.75) is 52.6 Å². The van der Waals surface area contributed by atoms with Crippen LogP contribution in [0.3, 0.4) is 0 Å². The minimum atomic E-state index is -0.469. The van der Waals surface area contributed by atoms with Crippen LogP contribution in [0, 0.1) is 25.1 Å². The zero-order valence-corrected chi connectivity index (χ0v) is 10.9. The third-order valence-corrected chi connectivity index (χ3v) is 4.18. The molecule has 1 N–H and O–H groups in total. The fourth-order valence-corrected chi connectivity index (χ4v) is 3.00. The van der Waals surface area contributed by atoms with Crippen LogP contribution in [0.25, 0.3) is 0 Å². The van der Waals surface area contributed by atoms with Crippen LogP contribution in [0.5, 0.6) is 0 Å². The lowest BCUT2D eigenvalue weighted by atomic mass is 9.79. The van der Waals surface area contributed by atoms with Crippen molar-refractivity contribution in [3.05, 3.63) is 34.6 Å². The lowest BCUT2D eigenvalue weighted by Crippen LogP contribution is -2.22. The van der Waals surface area contributed by atoms with Crippen LogP contribution in [-0.2, 0) is 0 Å². The molecule has 0 amide bonds. The van der Waals surface area contributed by atoms with Gasteiger partial charge in [0, 0.05) is 0 Å². The molecule has 1 atom stereocenters. The first kappa shape index (κ1) is 12.6. The highest BCUT2D eigenvalue weighted by atomic mass is 19.1. The van der Waals surface area contributed by atoms with Crippen molar-refractivity contribution >= 4 is 0 Å². The zero-order valence-electron chi connectivity index (χ0n) is 10.9. The van der Waals surface area contributed by atoms with Gasteiger partial charge in [0.2, 0.25) is 0 Å². The van der Waals surface area contributed by atoms with Gasteiger partial charge in [0.1, 0.15) is 5.82 Å². The number of benzene rings is 1. The van der Waals surface area contributed by atoms with Gasteiger partial charge >= 0.3 is 0 Å². The molecular formula is C15H21FO. The van der Waals surface area contributed by atoms with E-state index in [1.165, 1.54) is 12.8 Å². The molecule has 1 fully saturated rings. The molecule has 1 aromatic carbocycles. The molecule has 0 aliphatic heterocycles. The van der Waals surface area contributed by atoms with Crippen molar-refractivity contribution in [2.75, 3.05) is 0 Å². The first-order valence-corrected chi connectivity index (χ1v) is 6.39. The summed E-state index contributed by atoms with van der Waals surface area (Å²) >= 11 is 0. The van der Waals surface area contributed by atoms with Gasteiger partial charge in [-0.05, 0) is 48.8 Å². The van der Waals surface area contributed by atoms with E-state index in [2.05, 4.69) is 6.92 Å². The fraction of sp³-hybridized carbons (Fsp3) is 0.600. The van der Waals surface area contributed by atoms with E-state index in [0.29, 0.717) is 11.1 Å². The smallest absolute Gasteiger partial charge is 0.129 e. The lowest BCUT2D eigenvalue weighted by Gasteiger charge is -2.30. The maximum absolute atomic E-state index is 13.6. The second kappa shape index (κ2) is 4.41. The lowest BCUT2D eigenvalue weighted by molar-refractivity contribution is 0.0407. The second-order valence-electron chi connectivity index (χ2n) is 5.73. The number of hydrogen-bond donors (Lipinski definition) is 1. The van der Waals surface area contributed by atoms with Crippen LogP contribution in [0.4, 0.5) is 4.39 Å².